The van der Waals surface area contributed by atoms with Crippen molar-refractivity contribution in [2.24, 2.45) is 28.6 Å². The number of hydrogen-bond acceptors (Lipinski definition) is 3. The molecule has 0 aromatic carbocycles. The molecule has 0 aliphatic heterocycles. The van der Waals surface area contributed by atoms with Gasteiger partial charge in [-0.25, -0.2) is 0 Å². The van der Waals surface area contributed by atoms with Crippen LogP contribution >= 0.6 is 0 Å². The molecule has 0 aromatic rings. The molecule has 0 aromatic heterocycles. The van der Waals surface area contributed by atoms with E-state index in [0.29, 0.717) is 30.5 Å². The Morgan fingerprint density at radius 2 is 1.95 bits per heavy atom. The van der Waals surface area contributed by atoms with Gasteiger partial charge in [0.1, 0.15) is 5.78 Å². The quantitative estimate of drug-likeness (QED) is 0.748. The Labute approximate surface area is 131 Å². The van der Waals surface area contributed by atoms with Gasteiger partial charge in [-0.3, -0.25) is 9.59 Å². The third-order valence-corrected chi connectivity index (χ3v) is 7.29. The SMILES string of the molecule is CC12C=CC(=O)C=C1CC(O)C1C2CCC2(C)C(=O)CCC12. The molecule has 4 rings (SSSR count). The van der Waals surface area contributed by atoms with Gasteiger partial charge in [0.2, 0.25) is 0 Å². The van der Waals surface area contributed by atoms with Gasteiger partial charge in [0.15, 0.2) is 5.78 Å². The Kier molecular flexibility index (Phi) is 2.88. The molecule has 3 saturated carbocycles. The first-order chi connectivity index (χ1) is 10.4. The van der Waals surface area contributed by atoms with Crippen molar-refractivity contribution in [2.75, 3.05) is 0 Å². The van der Waals surface area contributed by atoms with Crippen molar-refractivity contribution >= 4 is 11.6 Å². The highest BCUT2D eigenvalue weighted by molar-refractivity contribution is 6.01. The summed E-state index contributed by atoms with van der Waals surface area (Å²) >= 11 is 0. The van der Waals surface area contributed by atoms with Crippen LogP contribution in [0.25, 0.3) is 0 Å². The predicted octanol–water partition coefficient (Wildman–Crippen LogP) is 2.83. The average Bonchev–Trinajstić information content (AvgIpc) is 2.77. The van der Waals surface area contributed by atoms with Crippen LogP contribution in [-0.2, 0) is 9.59 Å². The molecule has 118 valence electrons. The molecule has 3 nitrogen and oxygen atoms in total. The van der Waals surface area contributed by atoms with E-state index >= 15 is 0 Å². The summed E-state index contributed by atoms with van der Waals surface area (Å²) in [7, 11) is 0. The molecule has 0 radical (unpaired) electrons. The van der Waals surface area contributed by atoms with E-state index in [9.17, 15) is 14.7 Å². The van der Waals surface area contributed by atoms with E-state index in [1.54, 1.807) is 12.2 Å². The molecule has 1 N–H and O–H groups in total. The summed E-state index contributed by atoms with van der Waals surface area (Å²) < 4.78 is 0. The number of carbonyl (C=O) groups excluding carboxylic acids is 2. The Balaban J connectivity index is 1.77. The smallest absolute Gasteiger partial charge is 0.178 e. The lowest BCUT2D eigenvalue weighted by molar-refractivity contribution is -0.136. The highest BCUT2D eigenvalue weighted by Crippen LogP contribution is 2.63. The van der Waals surface area contributed by atoms with E-state index in [1.807, 2.05) is 0 Å². The van der Waals surface area contributed by atoms with Gasteiger partial charge in [0.25, 0.3) is 0 Å². The Morgan fingerprint density at radius 1 is 1.18 bits per heavy atom. The predicted molar refractivity (Wildman–Crippen MR) is 83.0 cm³/mol. The first-order valence-corrected chi connectivity index (χ1v) is 8.52. The number of Topliss-reactive ketones (excluding diaryl/α,β-unsaturated/α-hetero) is 1. The van der Waals surface area contributed by atoms with Crippen molar-refractivity contribution in [3.63, 3.8) is 0 Å². The van der Waals surface area contributed by atoms with E-state index in [0.717, 1.165) is 24.8 Å². The Hall–Kier alpha value is -1.22. The van der Waals surface area contributed by atoms with Gasteiger partial charge >= 0.3 is 0 Å². The molecule has 4 aliphatic carbocycles. The van der Waals surface area contributed by atoms with Gasteiger partial charge in [-0.15, -0.1) is 0 Å². The maximum Gasteiger partial charge on any atom is 0.178 e. The third-order valence-electron chi connectivity index (χ3n) is 7.29. The summed E-state index contributed by atoms with van der Waals surface area (Å²) in [6, 6.07) is 0. The number of hydrogen-bond donors (Lipinski definition) is 1. The minimum atomic E-state index is -0.417. The van der Waals surface area contributed by atoms with Crippen molar-refractivity contribution in [3.05, 3.63) is 23.8 Å². The van der Waals surface area contributed by atoms with E-state index in [-0.39, 0.29) is 22.5 Å². The molecule has 6 unspecified atom stereocenters. The van der Waals surface area contributed by atoms with E-state index < -0.39 is 6.10 Å². The summed E-state index contributed by atoms with van der Waals surface area (Å²) in [6.07, 6.45) is 9.12. The average molecular weight is 300 g/mol. The lowest BCUT2D eigenvalue weighted by atomic mass is 9.48. The minimum Gasteiger partial charge on any atom is -0.392 e. The first-order valence-electron chi connectivity index (χ1n) is 8.52. The molecule has 6 atom stereocenters. The lowest BCUT2D eigenvalue weighted by Crippen LogP contribution is -2.54. The van der Waals surface area contributed by atoms with Crippen molar-refractivity contribution in [1.29, 1.82) is 0 Å². The van der Waals surface area contributed by atoms with E-state index in [1.165, 1.54) is 0 Å². The van der Waals surface area contributed by atoms with Crippen LogP contribution in [0, 0.1) is 28.6 Å². The Bertz CT molecular complexity index is 616. The number of aliphatic hydroxyl groups is 1. The monoisotopic (exact) mass is 300 g/mol. The number of fused-ring (bicyclic) bond motifs is 5. The van der Waals surface area contributed by atoms with E-state index in [4.69, 9.17) is 0 Å². The van der Waals surface area contributed by atoms with Gasteiger partial charge in [0, 0.05) is 17.3 Å². The molecule has 0 heterocycles. The van der Waals surface area contributed by atoms with Crippen LogP contribution in [0.1, 0.15) is 46.0 Å². The molecule has 22 heavy (non-hydrogen) atoms. The fraction of sp³-hybridized carbons (Fsp3) is 0.684. The second-order valence-electron chi connectivity index (χ2n) is 8.17. The molecule has 0 spiro atoms. The summed E-state index contributed by atoms with van der Waals surface area (Å²) in [4.78, 5) is 24.1. The Morgan fingerprint density at radius 3 is 2.73 bits per heavy atom. The zero-order valence-corrected chi connectivity index (χ0v) is 13.3. The number of ketones is 2. The highest BCUT2D eigenvalue weighted by atomic mass is 16.3. The van der Waals surface area contributed by atoms with Gasteiger partial charge in [-0.05, 0) is 55.6 Å². The normalized spacial score (nSPS) is 50.2. The van der Waals surface area contributed by atoms with Crippen molar-refractivity contribution in [3.8, 4) is 0 Å². The number of aliphatic hydroxyl groups excluding tert-OH is 1. The van der Waals surface area contributed by atoms with Crippen LogP contribution in [0.4, 0.5) is 0 Å². The van der Waals surface area contributed by atoms with Gasteiger partial charge in [-0.2, -0.15) is 0 Å². The van der Waals surface area contributed by atoms with Crippen molar-refractivity contribution < 1.29 is 14.7 Å². The fourth-order valence-electron chi connectivity index (χ4n) is 5.94. The summed E-state index contributed by atoms with van der Waals surface area (Å²) in [5.74, 6) is 1.26. The van der Waals surface area contributed by atoms with Crippen LogP contribution in [-0.4, -0.2) is 22.8 Å². The summed E-state index contributed by atoms with van der Waals surface area (Å²) in [5.41, 5.74) is 0.736. The highest BCUT2D eigenvalue weighted by Gasteiger charge is 2.60. The van der Waals surface area contributed by atoms with Crippen LogP contribution in [0.5, 0.6) is 0 Å². The molecule has 3 heteroatoms. The number of allylic oxidation sites excluding steroid dienone is 3. The van der Waals surface area contributed by atoms with Crippen LogP contribution < -0.4 is 0 Å². The second-order valence-corrected chi connectivity index (χ2v) is 8.17. The van der Waals surface area contributed by atoms with Crippen molar-refractivity contribution in [2.45, 2.75) is 52.1 Å². The van der Waals surface area contributed by atoms with Crippen LogP contribution in [0.3, 0.4) is 0 Å². The maximum absolute atomic E-state index is 12.4. The molecule has 0 bridgehead atoms. The number of rotatable bonds is 0. The molecule has 0 amide bonds. The molecule has 0 saturated heterocycles. The molecule has 4 aliphatic rings. The zero-order valence-electron chi connectivity index (χ0n) is 13.3. The summed E-state index contributed by atoms with van der Waals surface area (Å²) in [5, 5.41) is 10.8. The van der Waals surface area contributed by atoms with Gasteiger partial charge < -0.3 is 5.11 Å². The van der Waals surface area contributed by atoms with Crippen molar-refractivity contribution in [1.82, 2.24) is 0 Å². The van der Waals surface area contributed by atoms with Gasteiger partial charge in [-0.1, -0.05) is 25.5 Å². The fourth-order valence-corrected chi connectivity index (χ4v) is 5.94. The van der Waals surface area contributed by atoms with Crippen LogP contribution in [0.15, 0.2) is 23.8 Å². The van der Waals surface area contributed by atoms with E-state index in [2.05, 4.69) is 19.9 Å². The minimum absolute atomic E-state index is 0.0369. The summed E-state index contributed by atoms with van der Waals surface area (Å²) in [6.45, 7) is 4.33. The first kappa shape index (κ1) is 14.4. The molecular formula is C19H24O3. The topological polar surface area (TPSA) is 54.4 Å². The zero-order chi connectivity index (χ0) is 15.7. The lowest BCUT2D eigenvalue weighted by Gasteiger charge is -2.57. The largest absolute Gasteiger partial charge is 0.392 e. The van der Waals surface area contributed by atoms with Gasteiger partial charge in [0.05, 0.1) is 6.10 Å². The maximum atomic E-state index is 12.4. The third kappa shape index (κ3) is 1.66. The van der Waals surface area contributed by atoms with Crippen LogP contribution in [0.2, 0.25) is 0 Å². The molecular weight excluding hydrogens is 276 g/mol. The second kappa shape index (κ2) is 4.41. The molecule has 3 fully saturated rings. The number of carbonyl (C=O) groups is 2. The standard InChI is InChI=1S/C19H24O3/c1-18-7-5-12(20)9-11(18)10-15(21)17-13-3-4-16(22)19(13,2)8-6-14(17)18/h5,7,9,13-15,17,21H,3-4,6,8,10H2,1-2H3.